The number of benzene rings is 1. The van der Waals surface area contributed by atoms with Gasteiger partial charge in [-0.05, 0) is 43.2 Å². The van der Waals surface area contributed by atoms with Crippen LogP contribution in [0.2, 0.25) is 0 Å². The number of likely N-dealkylation sites (tertiary alicyclic amines) is 1. The van der Waals surface area contributed by atoms with E-state index in [1.807, 2.05) is 23.1 Å². The van der Waals surface area contributed by atoms with Crippen molar-refractivity contribution in [3.05, 3.63) is 40.7 Å². The Balaban J connectivity index is 1.54. The minimum absolute atomic E-state index is 0.0987. The molecule has 0 radical (unpaired) electrons. The molecule has 2 heterocycles. The summed E-state index contributed by atoms with van der Waals surface area (Å²) in [6.45, 7) is 1.94. The van der Waals surface area contributed by atoms with Crippen LogP contribution >= 0.6 is 0 Å². The van der Waals surface area contributed by atoms with Gasteiger partial charge in [0.15, 0.2) is 0 Å². The Bertz CT molecular complexity index is 831. The average molecular weight is 339 g/mol. The number of nitrogens with zero attached hydrogens (tertiary/aromatic N) is 3. The van der Waals surface area contributed by atoms with Gasteiger partial charge in [0.1, 0.15) is 6.54 Å². The number of amides is 1. The zero-order chi connectivity index (χ0) is 17.3. The Morgan fingerprint density at radius 2 is 1.84 bits per heavy atom. The van der Waals surface area contributed by atoms with Gasteiger partial charge >= 0.3 is 0 Å². The maximum atomic E-state index is 12.9. The maximum absolute atomic E-state index is 12.9. The van der Waals surface area contributed by atoms with Crippen molar-refractivity contribution in [2.24, 2.45) is 5.41 Å². The molecule has 1 saturated heterocycles. The lowest BCUT2D eigenvalue weighted by Gasteiger charge is -2.45. The van der Waals surface area contributed by atoms with E-state index in [0.29, 0.717) is 10.8 Å². The monoisotopic (exact) mass is 339 g/mol. The Morgan fingerprint density at radius 3 is 2.68 bits per heavy atom. The summed E-state index contributed by atoms with van der Waals surface area (Å²) in [5.41, 5.74) is 0.983. The Morgan fingerprint density at radius 1 is 1.08 bits per heavy atom. The van der Waals surface area contributed by atoms with Gasteiger partial charge in [0.05, 0.1) is 11.7 Å². The Hall–Kier alpha value is -2.17. The minimum Gasteiger partial charge on any atom is -0.341 e. The highest BCUT2D eigenvalue weighted by Crippen LogP contribution is 2.43. The van der Waals surface area contributed by atoms with Crippen molar-refractivity contribution >= 4 is 16.8 Å². The second-order valence-electron chi connectivity index (χ2n) is 7.66. The Labute approximate surface area is 147 Å². The first-order valence-corrected chi connectivity index (χ1v) is 9.40. The number of para-hydroxylation sites is 1. The summed E-state index contributed by atoms with van der Waals surface area (Å²) >= 11 is 0. The molecule has 0 unspecified atom stereocenters. The van der Waals surface area contributed by atoms with E-state index in [9.17, 15) is 9.59 Å². The third-order valence-corrected chi connectivity index (χ3v) is 5.98. The predicted octanol–water partition coefficient (Wildman–Crippen LogP) is 2.97. The zero-order valence-corrected chi connectivity index (χ0v) is 14.6. The van der Waals surface area contributed by atoms with Crippen molar-refractivity contribution in [2.45, 2.75) is 51.5 Å². The molecule has 1 aromatic heterocycles. The van der Waals surface area contributed by atoms with Crippen LogP contribution in [0.4, 0.5) is 0 Å². The van der Waals surface area contributed by atoms with Crippen LogP contribution in [0.3, 0.4) is 0 Å². The number of piperidine rings is 1. The predicted molar refractivity (Wildman–Crippen MR) is 97.3 cm³/mol. The number of carbonyl (C=O) groups excluding carboxylic acids is 1. The van der Waals surface area contributed by atoms with Crippen molar-refractivity contribution in [1.29, 1.82) is 0 Å². The van der Waals surface area contributed by atoms with Crippen LogP contribution in [-0.2, 0) is 11.3 Å². The van der Waals surface area contributed by atoms with Gasteiger partial charge in [-0.1, -0.05) is 31.4 Å². The van der Waals surface area contributed by atoms with Crippen molar-refractivity contribution in [2.75, 3.05) is 13.1 Å². The molecule has 1 aromatic carbocycles. The van der Waals surface area contributed by atoms with Crippen LogP contribution in [0.15, 0.2) is 35.3 Å². The molecule has 132 valence electrons. The van der Waals surface area contributed by atoms with Gasteiger partial charge in [0.2, 0.25) is 11.3 Å². The number of fused-ring (bicyclic) bond motifs is 1. The summed E-state index contributed by atoms with van der Waals surface area (Å²) in [5, 5.41) is 4.82. The second-order valence-corrected chi connectivity index (χ2v) is 7.66. The van der Waals surface area contributed by atoms with Gasteiger partial charge in [-0.2, -0.15) is 5.10 Å². The first-order chi connectivity index (χ1) is 12.2. The molecule has 1 amide bonds. The van der Waals surface area contributed by atoms with Crippen molar-refractivity contribution in [1.82, 2.24) is 14.7 Å². The topological polar surface area (TPSA) is 55.2 Å². The molecule has 1 saturated carbocycles. The largest absolute Gasteiger partial charge is 0.341 e. The number of hydrogen-bond donors (Lipinski definition) is 0. The van der Waals surface area contributed by atoms with E-state index < -0.39 is 0 Å². The summed E-state index contributed by atoms with van der Waals surface area (Å²) in [6, 6.07) is 7.36. The lowest BCUT2D eigenvalue weighted by Crippen LogP contribution is -2.48. The van der Waals surface area contributed by atoms with Crippen molar-refractivity contribution < 1.29 is 4.79 Å². The van der Waals surface area contributed by atoms with E-state index >= 15 is 0 Å². The second kappa shape index (κ2) is 6.62. The molecular formula is C20H25N3O2. The van der Waals surface area contributed by atoms with Crippen LogP contribution in [0.1, 0.15) is 44.9 Å². The molecule has 1 aliphatic heterocycles. The third kappa shape index (κ3) is 3.20. The SMILES string of the molecule is O=C(Cn1ncc(=O)c2ccccc21)N1CCCC2(CCCCC2)C1. The van der Waals surface area contributed by atoms with Crippen molar-refractivity contribution in [3.8, 4) is 0 Å². The molecular weight excluding hydrogens is 314 g/mol. The molecule has 0 N–H and O–H groups in total. The normalized spacial score (nSPS) is 20.1. The molecule has 0 atom stereocenters. The van der Waals surface area contributed by atoms with E-state index in [2.05, 4.69) is 5.10 Å². The van der Waals surface area contributed by atoms with Gasteiger partial charge in [-0.3, -0.25) is 14.3 Å². The molecule has 0 bridgehead atoms. The molecule has 1 aliphatic carbocycles. The van der Waals surface area contributed by atoms with E-state index in [4.69, 9.17) is 0 Å². The third-order valence-electron chi connectivity index (χ3n) is 5.98. The number of rotatable bonds is 2. The summed E-state index contributed by atoms with van der Waals surface area (Å²) in [5.74, 6) is 0.117. The summed E-state index contributed by atoms with van der Waals surface area (Å²) in [6.07, 6.45) is 10.1. The fourth-order valence-electron chi connectivity index (χ4n) is 4.65. The van der Waals surface area contributed by atoms with E-state index in [1.54, 1.807) is 10.7 Å². The minimum atomic E-state index is -0.0987. The highest BCUT2D eigenvalue weighted by atomic mass is 16.2. The average Bonchev–Trinajstić information content (AvgIpc) is 2.65. The van der Waals surface area contributed by atoms with Gasteiger partial charge in [-0.25, -0.2) is 0 Å². The van der Waals surface area contributed by atoms with Crippen LogP contribution in [0.5, 0.6) is 0 Å². The number of aromatic nitrogens is 2. The smallest absolute Gasteiger partial charge is 0.244 e. The quantitative estimate of drug-likeness (QED) is 0.845. The number of carbonyl (C=O) groups is 1. The fourth-order valence-corrected chi connectivity index (χ4v) is 4.65. The summed E-state index contributed by atoms with van der Waals surface area (Å²) in [7, 11) is 0. The molecule has 5 nitrogen and oxygen atoms in total. The standard InChI is InChI=1S/C20H25N3O2/c24-18-13-21-23(17-8-3-2-7-16(17)18)14-19(25)22-12-6-11-20(15-22)9-4-1-5-10-20/h2-3,7-8,13H,1,4-6,9-12,14-15H2. The molecule has 2 fully saturated rings. The fraction of sp³-hybridized carbons (Fsp3) is 0.550. The lowest BCUT2D eigenvalue weighted by molar-refractivity contribution is -0.136. The van der Waals surface area contributed by atoms with Crippen LogP contribution < -0.4 is 5.43 Å². The van der Waals surface area contributed by atoms with E-state index in [0.717, 1.165) is 25.0 Å². The molecule has 4 rings (SSSR count). The first-order valence-electron chi connectivity index (χ1n) is 9.40. The highest BCUT2D eigenvalue weighted by Gasteiger charge is 2.37. The van der Waals surface area contributed by atoms with E-state index in [1.165, 1.54) is 44.7 Å². The van der Waals surface area contributed by atoms with Crippen LogP contribution in [0, 0.1) is 5.41 Å². The van der Waals surface area contributed by atoms with E-state index in [-0.39, 0.29) is 17.9 Å². The molecule has 2 aromatic rings. The molecule has 25 heavy (non-hydrogen) atoms. The zero-order valence-electron chi connectivity index (χ0n) is 14.6. The Kier molecular flexibility index (Phi) is 4.32. The van der Waals surface area contributed by atoms with Gasteiger partial charge in [0, 0.05) is 18.5 Å². The lowest BCUT2D eigenvalue weighted by atomic mass is 9.69. The van der Waals surface area contributed by atoms with Crippen LogP contribution in [-0.4, -0.2) is 33.7 Å². The summed E-state index contributed by atoms with van der Waals surface area (Å²) in [4.78, 5) is 26.9. The van der Waals surface area contributed by atoms with Crippen LogP contribution in [0.25, 0.3) is 10.9 Å². The summed E-state index contributed by atoms with van der Waals surface area (Å²) < 4.78 is 1.67. The number of hydrogen-bond acceptors (Lipinski definition) is 3. The molecule has 1 spiro atoms. The first kappa shape index (κ1) is 16.3. The highest BCUT2D eigenvalue weighted by molar-refractivity contribution is 5.81. The molecule has 5 heteroatoms. The van der Waals surface area contributed by atoms with Crippen molar-refractivity contribution in [3.63, 3.8) is 0 Å². The molecule has 2 aliphatic rings. The van der Waals surface area contributed by atoms with Gasteiger partial charge < -0.3 is 4.90 Å². The maximum Gasteiger partial charge on any atom is 0.244 e. The van der Waals surface area contributed by atoms with Gasteiger partial charge in [-0.15, -0.1) is 0 Å². The van der Waals surface area contributed by atoms with Gasteiger partial charge in [0.25, 0.3) is 0 Å².